The van der Waals surface area contributed by atoms with E-state index < -0.39 is 12.3 Å². The van der Waals surface area contributed by atoms with Crippen LogP contribution in [0.3, 0.4) is 0 Å². The molecule has 0 saturated carbocycles. The van der Waals surface area contributed by atoms with Crippen molar-refractivity contribution in [2.75, 3.05) is 6.61 Å². The Morgan fingerprint density at radius 1 is 0.846 bits per heavy atom. The average Bonchev–Trinajstić information content (AvgIpc) is 2.64. The molecule has 0 radical (unpaired) electrons. The third kappa shape index (κ3) is 6.06. The van der Waals surface area contributed by atoms with Gasteiger partial charge in [-0.15, -0.1) is 0 Å². The van der Waals surface area contributed by atoms with Crippen molar-refractivity contribution in [2.24, 2.45) is 0 Å². The molecule has 1 atom stereocenters. The Hall–Kier alpha value is -2.01. The van der Waals surface area contributed by atoms with E-state index in [0.717, 1.165) is 23.3 Å². The predicted octanol–water partition coefficient (Wildman–Crippen LogP) is 6.30. The van der Waals surface area contributed by atoms with E-state index in [4.69, 9.17) is 4.74 Å². The highest BCUT2D eigenvalue weighted by atomic mass is 19.4. The summed E-state index contributed by atoms with van der Waals surface area (Å²) in [5.74, 6) is 0.786. The van der Waals surface area contributed by atoms with Gasteiger partial charge in [-0.05, 0) is 35.2 Å². The molecule has 0 aliphatic heterocycles. The van der Waals surface area contributed by atoms with Gasteiger partial charge >= 0.3 is 6.18 Å². The van der Waals surface area contributed by atoms with Crippen molar-refractivity contribution in [1.82, 2.24) is 0 Å². The van der Waals surface area contributed by atoms with Gasteiger partial charge in [-0.1, -0.05) is 69.0 Å². The monoisotopic (exact) mass is 366 g/mol. The number of rotatable bonds is 9. The first kappa shape index (κ1) is 20.3. The van der Waals surface area contributed by atoms with Gasteiger partial charge in [-0.25, -0.2) is 0 Å². The molecule has 5 heteroatoms. The van der Waals surface area contributed by atoms with Crippen molar-refractivity contribution in [3.63, 3.8) is 0 Å². The third-order valence-electron chi connectivity index (χ3n) is 4.24. The van der Waals surface area contributed by atoms with Crippen LogP contribution in [-0.4, -0.2) is 17.9 Å². The second-order valence-electron chi connectivity index (χ2n) is 6.35. The number of hydrogen-bond acceptors (Lipinski definition) is 2. The van der Waals surface area contributed by atoms with Gasteiger partial charge in [0.1, 0.15) is 5.75 Å². The van der Waals surface area contributed by atoms with Gasteiger partial charge in [0.15, 0.2) is 6.10 Å². The Balaban J connectivity index is 1.90. The standard InChI is InChI=1S/C21H25F3O2/c1-2-3-4-5-6-15-26-19-13-11-17(12-14-19)16-7-9-18(10-8-16)20(25)21(22,23)24/h7-14,20,25H,2-6,15H2,1H3. The molecule has 2 aromatic carbocycles. The van der Waals surface area contributed by atoms with Crippen LogP contribution in [0.25, 0.3) is 11.1 Å². The van der Waals surface area contributed by atoms with Crippen molar-refractivity contribution < 1.29 is 23.0 Å². The number of aliphatic hydroxyl groups excluding tert-OH is 1. The van der Waals surface area contributed by atoms with Crippen molar-refractivity contribution >= 4 is 0 Å². The van der Waals surface area contributed by atoms with Crippen molar-refractivity contribution in [3.8, 4) is 16.9 Å². The molecule has 2 aromatic rings. The first-order valence-corrected chi connectivity index (χ1v) is 9.00. The Morgan fingerprint density at radius 3 is 1.92 bits per heavy atom. The summed E-state index contributed by atoms with van der Waals surface area (Å²) in [5, 5.41) is 9.26. The number of benzene rings is 2. The van der Waals surface area contributed by atoms with E-state index in [1.807, 2.05) is 24.3 Å². The molecule has 0 heterocycles. The summed E-state index contributed by atoms with van der Waals surface area (Å²) in [6.45, 7) is 2.87. The van der Waals surface area contributed by atoms with Gasteiger partial charge in [0.2, 0.25) is 0 Å². The number of unbranched alkanes of at least 4 members (excludes halogenated alkanes) is 4. The van der Waals surface area contributed by atoms with Crippen LogP contribution in [0.1, 0.15) is 50.7 Å². The van der Waals surface area contributed by atoms with Crippen molar-refractivity contribution in [1.29, 1.82) is 0 Å². The van der Waals surface area contributed by atoms with Crippen LogP contribution >= 0.6 is 0 Å². The Kier molecular flexibility index (Phi) is 7.51. The molecule has 2 rings (SSSR count). The highest BCUT2D eigenvalue weighted by Crippen LogP contribution is 2.33. The zero-order valence-corrected chi connectivity index (χ0v) is 14.9. The fourth-order valence-electron chi connectivity index (χ4n) is 2.69. The molecular formula is C21H25F3O2. The number of alkyl halides is 3. The molecule has 0 amide bonds. The van der Waals surface area contributed by atoms with Crippen LogP contribution in [0, 0.1) is 0 Å². The van der Waals surface area contributed by atoms with Gasteiger partial charge in [-0.2, -0.15) is 13.2 Å². The lowest BCUT2D eigenvalue weighted by molar-refractivity contribution is -0.206. The molecule has 0 aliphatic rings. The minimum absolute atomic E-state index is 0.163. The van der Waals surface area contributed by atoms with E-state index in [2.05, 4.69) is 6.92 Å². The van der Waals surface area contributed by atoms with Gasteiger partial charge in [0, 0.05) is 0 Å². The molecule has 0 spiro atoms. The SMILES string of the molecule is CCCCCCCOc1ccc(-c2ccc(C(O)C(F)(F)F)cc2)cc1. The van der Waals surface area contributed by atoms with Crippen LogP contribution in [0.2, 0.25) is 0 Å². The van der Waals surface area contributed by atoms with E-state index in [1.165, 1.54) is 37.8 Å². The van der Waals surface area contributed by atoms with E-state index in [9.17, 15) is 18.3 Å². The summed E-state index contributed by atoms with van der Waals surface area (Å²) >= 11 is 0. The molecule has 0 saturated heterocycles. The fraction of sp³-hybridized carbons (Fsp3) is 0.429. The number of aliphatic hydroxyl groups is 1. The number of ether oxygens (including phenoxy) is 1. The molecule has 1 N–H and O–H groups in total. The second-order valence-corrected chi connectivity index (χ2v) is 6.35. The smallest absolute Gasteiger partial charge is 0.418 e. The van der Waals surface area contributed by atoms with E-state index in [0.29, 0.717) is 6.61 Å². The highest BCUT2D eigenvalue weighted by Gasteiger charge is 2.39. The zero-order valence-electron chi connectivity index (χ0n) is 14.9. The lowest BCUT2D eigenvalue weighted by Gasteiger charge is -2.15. The zero-order chi connectivity index (χ0) is 19.0. The second kappa shape index (κ2) is 9.62. The summed E-state index contributed by atoms with van der Waals surface area (Å²) in [5.41, 5.74) is 1.51. The molecule has 0 aromatic heterocycles. The summed E-state index contributed by atoms with van der Waals surface area (Å²) in [7, 11) is 0. The molecule has 0 bridgehead atoms. The van der Waals surface area contributed by atoms with Crippen LogP contribution in [0.15, 0.2) is 48.5 Å². The maximum absolute atomic E-state index is 12.5. The average molecular weight is 366 g/mol. The summed E-state index contributed by atoms with van der Waals surface area (Å²) in [6, 6.07) is 13.2. The summed E-state index contributed by atoms with van der Waals surface area (Å²) < 4.78 is 43.3. The Morgan fingerprint density at radius 2 is 1.38 bits per heavy atom. The van der Waals surface area contributed by atoms with Crippen LogP contribution < -0.4 is 4.74 Å². The topological polar surface area (TPSA) is 29.5 Å². The van der Waals surface area contributed by atoms with Gasteiger partial charge in [0.05, 0.1) is 6.61 Å². The lowest BCUT2D eigenvalue weighted by Crippen LogP contribution is -2.19. The van der Waals surface area contributed by atoms with Gasteiger partial charge in [-0.3, -0.25) is 0 Å². The maximum atomic E-state index is 12.5. The first-order chi connectivity index (χ1) is 12.4. The van der Waals surface area contributed by atoms with Gasteiger partial charge < -0.3 is 9.84 Å². The van der Waals surface area contributed by atoms with Crippen LogP contribution in [0.4, 0.5) is 13.2 Å². The Labute approximate surface area is 152 Å². The molecule has 142 valence electrons. The predicted molar refractivity (Wildman–Crippen MR) is 97.1 cm³/mol. The molecule has 2 nitrogen and oxygen atoms in total. The van der Waals surface area contributed by atoms with E-state index in [1.54, 1.807) is 12.1 Å². The number of halogens is 3. The normalized spacial score (nSPS) is 12.8. The molecule has 0 fully saturated rings. The summed E-state index contributed by atoms with van der Waals surface area (Å²) in [4.78, 5) is 0. The highest BCUT2D eigenvalue weighted by molar-refractivity contribution is 5.64. The van der Waals surface area contributed by atoms with Crippen LogP contribution in [0.5, 0.6) is 5.75 Å². The Bertz CT molecular complexity index is 648. The van der Waals surface area contributed by atoms with E-state index >= 15 is 0 Å². The van der Waals surface area contributed by atoms with E-state index in [-0.39, 0.29) is 5.56 Å². The number of hydrogen-bond donors (Lipinski definition) is 1. The molecule has 26 heavy (non-hydrogen) atoms. The minimum Gasteiger partial charge on any atom is -0.494 e. The van der Waals surface area contributed by atoms with Crippen molar-refractivity contribution in [2.45, 2.75) is 51.3 Å². The summed E-state index contributed by atoms with van der Waals surface area (Å²) in [6.07, 6.45) is -1.20. The molecule has 0 aliphatic carbocycles. The minimum atomic E-state index is -4.66. The lowest BCUT2D eigenvalue weighted by atomic mass is 10.0. The van der Waals surface area contributed by atoms with Crippen molar-refractivity contribution in [3.05, 3.63) is 54.1 Å². The largest absolute Gasteiger partial charge is 0.494 e. The fourth-order valence-corrected chi connectivity index (χ4v) is 2.69. The third-order valence-corrected chi connectivity index (χ3v) is 4.24. The first-order valence-electron chi connectivity index (χ1n) is 9.00. The molecule has 1 unspecified atom stereocenters. The van der Waals surface area contributed by atoms with Gasteiger partial charge in [0.25, 0.3) is 0 Å². The molecular weight excluding hydrogens is 341 g/mol. The maximum Gasteiger partial charge on any atom is 0.418 e. The van der Waals surface area contributed by atoms with Crippen LogP contribution in [-0.2, 0) is 0 Å². The quantitative estimate of drug-likeness (QED) is 0.528.